The highest BCUT2D eigenvalue weighted by atomic mass is 19.1. The van der Waals surface area contributed by atoms with E-state index in [-0.39, 0.29) is 28.9 Å². The summed E-state index contributed by atoms with van der Waals surface area (Å²) >= 11 is 0. The number of anilines is 3. The van der Waals surface area contributed by atoms with Crippen LogP contribution < -0.4 is 27.2 Å². The number of carbonyl (C=O) groups excluding carboxylic acids is 2. The van der Waals surface area contributed by atoms with Gasteiger partial charge in [-0.1, -0.05) is 31.0 Å². The van der Waals surface area contributed by atoms with E-state index in [2.05, 4.69) is 20.7 Å². The number of hydrazine groups is 1. The van der Waals surface area contributed by atoms with Gasteiger partial charge >= 0.3 is 0 Å². The van der Waals surface area contributed by atoms with Gasteiger partial charge in [0.2, 0.25) is 5.91 Å². The fraction of sp³-hybridized carbons (Fsp3) is 0.250. The summed E-state index contributed by atoms with van der Waals surface area (Å²) in [6.45, 7) is 0. The number of aromatic nitrogens is 2. The second-order valence-electron chi connectivity index (χ2n) is 8.13. The molecular formula is C24H26FN7O2. The van der Waals surface area contributed by atoms with Crippen LogP contribution in [0, 0.1) is 5.82 Å². The quantitative estimate of drug-likeness (QED) is 0.395. The fourth-order valence-corrected chi connectivity index (χ4v) is 3.88. The highest BCUT2D eigenvalue weighted by molar-refractivity contribution is 6.04. The van der Waals surface area contributed by atoms with Crippen LogP contribution in [-0.2, 0) is 0 Å². The molecule has 2 unspecified atom stereocenters. The SMILES string of the molecule is NC(=O)c1ccc(N(NC2CCCCC2N)c2cncc(C(=O)Nc3ccccc3)c2F)nc1. The third-order valence-electron chi connectivity index (χ3n) is 5.75. The van der Waals surface area contributed by atoms with Crippen molar-refractivity contribution in [2.45, 2.75) is 37.8 Å². The smallest absolute Gasteiger partial charge is 0.260 e. The molecule has 2 aromatic heterocycles. The number of nitrogens with two attached hydrogens (primary N) is 2. The van der Waals surface area contributed by atoms with E-state index in [0.29, 0.717) is 11.5 Å². The molecule has 0 radical (unpaired) electrons. The Morgan fingerprint density at radius 3 is 2.47 bits per heavy atom. The number of halogens is 1. The van der Waals surface area contributed by atoms with E-state index in [1.807, 2.05) is 6.07 Å². The van der Waals surface area contributed by atoms with Gasteiger partial charge in [0.05, 0.1) is 17.3 Å². The van der Waals surface area contributed by atoms with Gasteiger partial charge in [-0.2, -0.15) is 0 Å². The molecule has 0 spiro atoms. The topological polar surface area (TPSA) is 139 Å². The predicted molar refractivity (Wildman–Crippen MR) is 127 cm³/mol. The first-order chi connectivity index (χ1) is 16.4. The number of rotatable bonds is 7. The molecule has 1 aliphatic rings. The Morgan fingerprint density at radius 2 is 1.79 bits per heavy atom. The molecular weight excluding hydrogens is 437 g/mol. The number of nitrogens with one attached hydrogen (secondary N) is 2. The Kier molecular flexibility index (Phi) is 7.09. The van der Waals surface area contributed by atoms with Crippen LogP contribution in [0.5, 0.6) is 0 Å². The minimum Gasteiger partial charge on any atom is -0.366 e. The minimum absolute atomic E-state index is 0.00203. The van der Waals surface area contributed by atoms with Gasteiger partial charge in [0.25, 0.3) is 5.91 Å². The molecule has 6 N–H and O–H groups in total. The van der Waals surface area contributed by atoms with Crippen LogP contribution in [0.4, 0.5) is 21.6 Å². The number of hydrogen-bond donors (Lipinski definition) is 4. The monoisotopic (exact) mass is 463 g/mol. The highest BCUT2D eigenvalue weighted by Crippen LogP contribution is 2.28. The number of nitrogens with zero attached hydrogens (tertiary/aromatic N) is 3. The van der Waals surface area contributed by atoms with Crippen molar-refractivity contribution < 1.29 is 14.0 Å². The summed E-state index contributed by atoms with van der Waals surface area (Å²) in [7, 11) is 0. The Morgan fingerprint density at radius 1 is 1.03 bits per heavy atom. The van der Waals surface area contributed by atoms with Crippen LogP contribution in [0.25, 0.3) is 0 Å². The summed E-state index contributed by atoms with van der Waals surface area (Å²) in [4.78, 5) is 32.6. The van der Waals surface area contributed by atoms with Gasteiger partial charge < -0.3 is 16.8 Å². The summed E-state index contributed by atoms with van der Waals surface area (Å²) in [5.41, 5.74) is 15.4. The number of benzene rings is 1. The fourth-order valence-electron chi connectivity index (χ4n) is 3.88. The van der Waals surface area contributed by atoms with Crippen LogP contribution >= 0.6 is 0 Å². The summed E-state index contributed by atoms with van der Waals surface area (Å²) in [6, 6.07) is 11.5. The Bertz CT molecular complexity index is 1160. The lowest BCUT2D eigenvalue weighted by Crippen LogP contribution is -2.53. The summed E-state index contributed by atoms with van der Waals surface area (Å²) in [6.07, 6.45) is 7.42. The lowest BCUT2D eigenvalue weighted by Gasteiger charge is -2.35. The van der Waals surface area contributed by atoms with Crippen molar-refractivity contribution in [1.82, 2.24) is 15.4 Å². The van der Waals surface area contributed by atoms with Crippen molar-refractivity contribution in [3.63, 3.8) is 0 Å². The molecule has 2 amide bonds. The molecule has 2 heterocycles. The van der Waals surface area contributed by atoms with Gasteiger partial charge in [0, 0.05) is 30.2 Å². The second-order valence-corrected chi connectivity index (χ2v) is 8.13. The third-order valence-corrected chi connectivity index (χ3v) is 5.75. The summed E-state index contributed by atoms with van der Waals surface area (Å²) in [5, 5.41) is 4.09. The first-order valence-electron chi connectivity index (χ1n) is 11.0. The average molecular weight is 464 g/mol. The molecule has 1 aliphatic carbocycles. The van der Waals surface area contributed by atoms with Crippen molar-refractivity contribution >= 4 is 29.0 Å². The van der Waals surface area contributed by atoms with Crippen LogP contribution in [0.1, 0.15) is 46.4 Å². The molecule has 1 aromatic carbocycles. The summed E-state index contributed by atoms with van der Waals surface area (Å²) in [5.74, 6) is -1.74. The third kappa shape index (κ3) is 5.19. The Labute approximate surface area is 196 Å². The molecule has 0 saturated heterocycles. The normalized spacial score (nSPS) is 17.7. The van der Waals surface area contributed by atoms with Crippen molar-refractivity contribution in [2.75, 3.05) is 10.3 Å². The van der Waals surface area contributed by atoms with Crippen molar-refractivity contribution in [3.8, 4) is 0 Å². The zero-order valence-corrected chi connectivity index (χ0v) is 18.4. The van der Waals surface area contributed by atoms with E-state index in [9.17, 15) is 9.59 Å². The standard InChI is InChI=1S/C24H26FN7O2/c25-22-17(24(34)30-16-6-2-1-3-7-16)13-28-14-20(22)32(31-19-9-5-4-8-18(19)26)21-11-10-15(12-29-21)23(27)33/h1-3,6-7,10-14,18-19,31H,4-5,8-9,26H2,(H2,27,33)(H,30,34). The predicted octanol–water partition coefficient (Wildman–Crippen LogP) is 2.88. The maximum Gasteiger partial charge on any atom is 0.260 e. The van der Waals surface area contributed by atoms with Gasteiger partial charge in [0.15, 0.2) is 5.82 Å². The number of para-hydroxylation sites is 1. The minimum atomic E-state index is -0.777. The van der Waals surface area contributed by atoms with Gasteiger partial charge in [0.1, 0.15) is 11.5 Å². The molecule has 9 nitrogen and oxygen atoms in total. The van der Waals surface area contributed by atoms with Crippen LogP contribution in [0.2, 0.25) is 0 Å². The lowest BCUT2D eigenvalue weighted by atomic mass is 9.91. The number of primary amides is 1. The molecule has 34 heavy (non-hydrogen) atoms. The van der Waals surface area contributed by atoms with Crippen molar-refractivity contribution in [3.05, 3.63) is 78.0 Å². The first-order valence-corrected chi connectivity index (χ1v) is 11.0. The molecule has 0 bridgehead atoms. The molecule has 0 aliphatic heterocycles. The van der Waals surface area contributed by atoms with Gasteiger partial charge in [-0.05, 0) is 37.1 Å². The molecule has 4 rings (SSSR count). The maximum atomic E-state index is 15.7. The van der Waals surface area contributed by atoms with Crippen molar-refractivity contribution in [1.29, 1.82) is 0 Å². The average Bonchev–Trinajstić information content (AvgIpc) is 2.84. The molecule has 1 fully saturated rings. The van der Waals surface area contributed by atoms with E-state index in [0.717, 1.165) is 25.7 Å². The van der Waals surface area contributed by atoms with E-state index in [4.69, 9.17) is 11.5 Å². The second kappa shape index (κ2) is 10.4. The van der Waals surface area contributed by atoms with Crippen molar-refractivity contribution in [2.24, 2.45) is 11.5 Å². The van der Waals surface area contributed by atoms with Gasteiger partial charge in [-0.25, -0.2) is 14.8 Å². The molecule has 1 saturated carbocycles. The molecule has 2 atom stereocenters. The number of carbonyl (C=O) groups is 2. The zero-order chi connectivity index (χ0) is 24.1. The zero-order valence-electron chi connectivity index (χ0n) is 18.4. The maximum absolute atomic E-state index is 15.7. The van der Waals surface area contributed by atoms with Gasteiger partial charge in [-0.3, -0.25) is 19.6 Å². The van der Waals surface area contributed by atoms with Gasteiger partial charge in [-0.15, -0.1) is 0 Å². The van der Waals surface area contributed by atoms with E-state index in [1.54, 1.807) is 24.3 Å². The largest absolute Gasteiger partial charge is 0.366 e. The van der Waals surface area contributed by atoms with E-state index < -0.39 is 17.6 Å². The van der Waals surface area contributed by atoms with E-state index in [1.165, 1.54) is 35.7 Å². The van der Waals surface area contributed by atoms with E-state index >= 15 is 4.39 Å². The van der Waals surface area contributed by atoms with Crippen LogP contribution in [0.15, 0.2) is 61.1 Å². The Balaban J connectivity index is 1.69. The van der Waals surface area contributed by atoms with Crippen LogP contribution in [0.3, 0.4) is 0 Å². The number of pyridine rings is 2. The molecule has 10 heteroatoms. The molecule has 176 valence electrons. The summed E-state index contributed by atoms with van der Waals surface area (Å²) < 4.78 is 15.7. The highest BCUT2D eigenvalue weighted by Gasteiger charge is 2.28. The lowest BCUT2D eigenvalue weighted by molar-refractivity contribution is 0.0996. The Hall–Kier alpha value is -3.89. The number of amides is 2. The molecule has 3 aromatic rings. The van der Waals surface area contributed by atoms with Crippen LogP contribution in [-0.4, -0.2) is 33.9 Å². The first kappa shape index (κ1) is 23.3. The number of hydrogen-bond acceptors (Lipinski definition) is 7.